The number of ether oxygens (including phenoxy) is 2. The lowest BCUT2D eigenvalue weighted by atomic mass is 9.93. The van der Waals surface area contributed by atoms with Crippen LogP contribution in [0.1, 0.15) is 29.7 Å². The lowest BCUT2D eigenvalue weighted by molar-refractivity contribution is 0.149. The summed E-state index contributed by atoms with van der Waals surface area (Å²) >= 11 is 0. The summed E-state index contributed by atoms with van der Waals surface area (Å²) in [7, 11) is 0. The zero-order chi connectivity index (χ0) is 14.8. The average Bonchev–Trinajstić information content (AvgIpc) is 2.48. The number of rotatable bonds is 2. The number of amides is 1. The third kappa shape index (κ3) is 2.57. The van der Waals surface area contributed by atoms with Gasteiger partial charge in [0.05, 0.1) is 12.6 Å². The smallest absolute Gasteiger partial charge is 0.407 e. The van der Waals surface area contributed by atoms with E-state index in [1.165, 1.54) is 0 Å². The number of carbonyl (C=O) groups excluding carboxylic acids is 1. The molecule has 1 aliphatic heterocycles. The van der Waals surface area contributed by atoms with E-state index < -0.39 is 6.09 Å². The predicted molar refractivity (Wildman–Crippen MR) is 79.7 cm³/mol. The van der Waals surface area contributed by atoms with Crippen LogP contribution in [0.25, 0.3) is 0 Å². The first-order chi connectivity index (χ1) is 10.2. The molecule has 2 aromatic rings. The Morgan fingerprint density at radius 3 is 2.76 bits per heavy atom. The van der Waals surface area contributed by atoms with Crippen molar-refractivity contribution in [3.63, 3.8) is 0 Å². The number of carbonyl (C=O) groups is 1. The van der Waals surface area contributed by atoms with Gasteiger partial charge in [-0.05, 0) is 32.0 Å². The van der Waals surface area contributed by atoms with Crippen molar-refractivity contribution in [1.82, 2.24) is 5.32 Å². The summed E-state index contributed by atoms with van der Waals surface area (Å²) < 4.78 is 10.9. The van der Waals surface area contributed by atoms with Crippen molar-refractivity contribution in [2.45, 2.75) is 19.9 Å². The number of nitrogens with one attached hydrogen (secondary N) is 1. The summed E-state index contributed by atoms with van der Waals surface area (Å²) in [5, 5.41) is 2.92. The fourth-order valence-corrected chi connectivity index (χ4v) is 2.53. The fraction of sp³-hybridized carbons (Fsp3) is 0.235. The van der Waals surface area contributed by atoms with Gasteiger partial charge in [-0.1, -0.05) is 29.8 Å². The van der Waals surface area contributed by atoms with Crippen LogP contribution < -0.4 is 10.1 Å². The Kier molecular flexibility index (Phi) is 3.52. The van der Waals surface area contributed by atoms with E-state index in [1.54, 1.807) is 6.92 Å². The third-order valence-corrected chi connectivity index (χ3v) is 3.46. The van der Waals surface area contributed by atoms with E-state index in [0.29, 0.717) is 6.61 Å². The lowest BCUT2D eigenvalue weighted by Crippen LogP contribution is -2.31. The number of benzene rings is 2. The zero-order valence-corrected chi connectivity index (χ0v) is 12.1. The minimum absolute atomic E-state index is 0.260. The maximum Gasteiger partial charge on any atom is 0.407 e. The van der Waals surface area contributed by atoms with Crippen LogP contribution in [0, 0.1) is 6.92 Å². The van der Waals surface area contributed by atoms with Gasteiger partial charge in [0, 0.05) is 11.1 Å². The van der Waals surface area contributed by atoms with Crippen molar-refractivity contribution in [3.05, 3.63) is 59.2 Å². The highest BCUT2D eigenvalue weighted by molar-refractivity contribution is 5.70. The molecule has 21 heavy (non-hydrogen) atoms. The second-order valence-corrected chi connectivity index (χ2v) is 4.98. The monoisotopic (exact) mass is 283 g/mol. The predicted octanol–water partition coefficient (Wildman–Crippen LogP) is 3.94. The van der Waals surface area contributed by atoms with Crippen molar-refractivity contribution in [1.29, 1.82) is 0 Å². The fourth-order valence-electron chi connectivity index (χ4n) is 2.53. The van der Waals surface area contributed by atoms with E-state index in [4.69, 9.17) is 9.47 Å². The van der Waals surface area contributed by atoms with Gasteiger partial charge in [-0.3, -0.25) is 0 Å². The van der Waals surface area contributed by atoms with Crippen LogP contribution in [0.3, 0.4) is 0 Å². The maximum absolute atomic E-state index is 11.8. The van der Waals surface area contributed by atoms with Gasteiger partial charge >= 0.3 is 6.09 Å². The Labute approximate surface area is 123 Å². The lowest BCUT2D eigenvalue weighted by Gasteiger charge is -2.28. The molecule has 4 heteroatoms. The number of alkyl carbamates (subject to hydrolysis) is 1. The second-order valence-electron chi connectivity index (χ2n) is 4.98. The molecule has 0 radical (unpaired) electrons. The summed E-state index contributed by atoms with van der Waals surface area (Å²) in [5.41, 5.74) is 3.00. The van der Waals surface area contributed by atoms with Crippen molar-refractivity contribution in [2.24, 2.45) is 0 Å². The second kappa shape index (κ2) is 5.48. The van der Waals surface area contributed by atoms with E-state index in [-0.39, 0.29) is 6.04 Å². The molecular formula is C17H17NO3. The minimum Gasteiger partial charge on any atom is -0.457 e. The van der Waals surface area contributed by atoms with E-state index >= 15 is 0 Å². The molecule has 1 atom stereocenters. The van der Waals surface area contributed by atoms with Gasteiger partial charge in [0.1, 0.15) is 11.5 Å². The number of hydrogen-bond acceptors (Lipinski definition) is 3. The molecule has 1 amide bonds. The molecule has 1 aliphatic rings. The van der Waals surface area contributed by atoms with Gasteiger partial charge in [0.25, 0.3) is 0 Å². The number of fused-ring (bicyclic) bond motifs is 2. The van der Waals surface area contributed by atoms with Crippen molar-refractivity contribution < 1.29 is 14.3 Å². The molecule has 0 saturated carbocycles. The summed E-state index contributed by atoms with van der Waals surface area (Å²) in [4.78, 5) is 11.8. The molecule has 0 saturated heterocycles. The topological polar surface area (TPSA) is 47.6 Å². The summed E-state index contributed by atoms with van der Waals surface area (Å²) in [6.07, 6.45) is -0.424. The highest BCUT2D eigenvalue weighted by Crippen LogP contribution is 2.42. The molecule has 0 fully saturated rings. The molecule has 0 unspecified atom stereocenters. The van der Waals surface area contributed by atoms with Gasteiger partial charge < -0.3 is 14.8 Å². The summed E-state index contributed by atoms with van der Waals surface area (Å²) in [5.74, 6) is 1.52. The molecule has 0 aromatic heterocycles. The highest BCUT2D eigenvalue weighted by atomic mass is 16.5. The molecule has 4 nitrogen and oxygen atoms in total. The molecule has 1 heterocycles. The summed E-state index contributed by atoms with van der Waals surface area (Å²) in [6.45, 7) is 4.15. The molecule has 0 aliphatic carbocycles. The largest absolute Gasteiger partial charge is 0.457 e. The van der Waals surface area contributed by atoms with Gasteiger partial charge in [0.2, 0.25) is 0 Å². The molecule has 0 spiro atoms. The van der Waals surface area contributed by atoms with Gasteiger partial charge in [0.15, 0.2) is 0 Å². The molecule has 108 valence electrons. The van der Waals surface area contributed by atoms with Crippen LogP contribution in [0.5, 0.6) is 11.5 Å². The van der Waals surface area contributed by atoms with Crippen molar-refractivity contribution >= 4 is 6.09 Å². The van der Waals surface area contributed by atoms with Crippen LogP contribution in [-0.2, 0) is 4.74 Å². The highest BCUT2D eigenvalue weighted by Gasteiger charge is 2.28. The van der Waals surface area contributed by atoms with Crippen LogP contribution in [0.4, 0.5) is 4.79 Å². The molecular weight excluding hydrogens is 266 g/mol. The Bertz CT molecular complexity index is 681. The van der Waals surface area contributed by atoms with E-state index in [2.05, 4.69) is 5.32 Å². The SMILES string of the molecule is CCOC(=O)N[C@@H]1c2ccccc2Oc2ccc(C)cc21. The van der Waals surface area contributed by atoms with E-state index in [0.717, 1.165) is 28.2 Å². The Morgan fingerprint density at radius 2 is 1.95 bits per heavy atom. The Morgan fingerprint density at radius 1 is 1.19 bits per heavy atom. The van der Waals surface area contributed by atoms with Gasteiger partial charge in [-0.25, -0.2) is 4.79 Å². The standard InChI is InChI=1S/C17H17NO3/c1-3-20-17(19)18-16-12-6-4-5-7-14(12)21-15-9-8-11(2)10-13(15)16/h4-10,16H,3H2,1-2H3,(H,18,19)/t16-/m1/s1. The zero-order valence-electron chi connectivity index (χ0n) is 12.1. The first-order valence-electron chi connectivity index (χ1n) is 6.99. The molecule has 3 rings (SSSR count). The summed E-state index contributed by atoms with van der Waals surface area (Å²) in [6, 6.07) is 13.4. The first-order valence-corrected chi connectivity index (χ1v) is 6.99. The Balaban J connectivity index is 2.04. The average molecular weight is 283 g/mol. The van der Waals surface area contributed by atoms with Crippen LogP contribution in [0.2, 0.25) is 0 Å². The molecule has 2 aromatic carbocycles. The molecule has 1 N–H and O–H groups in total. The Hall–Kier alpha value is -2.49. The number of para-hydroxylation sites is 1. The van der Waals surface area contributed by atoms with E-state index in [9.17, 15) is 4.79 Å². The maximum atomic E-state index is 11.8. The van der Waals surface area contributed by atoms with Crippen molar-refractivity contribution in [2.75, 3.05) is 6.61 Å². The normalized spacial score (nSPS) is 15.4. The molecule has 0 bridgehead atoms. The number of aryl methyl sites for hydroxylation is 1. The van der Waals surface area contributed by atoms with Crippen LogP contribution in [0.15, 0.2) is 42.5 Å². The van der Waals surface area contributed by atoms with Crippen LogP contribution >= 0.6 is 0 Å². The third-order valence-electron chi connectivity index (χ3n) is 3.46. The number of hydrogen-bond donors (Lipinski definition) is 1. The van der Waals surface area contributed by atoms with E-state index in [1.807, 2.05) is 49.4 Å². The van der Waals surface area contributed by atoms with Gasteiger partial charge in [-0.2, -0.15) is 0 Å². The quantitative estimate of drug-likeness (QED) is 0.908. The van der Waals surface area contributed by atoms with Crippen molar-refractivity contribution in [3.8, 4) is 11.5 Å². The van der Waals surface area contributed by atoms with Crippen LogP contribution in [-0.4, -0.2) is 12.7 Å². The minimum atomic E-state index is -0.424. The van der Waals surface area contributed by atoms with Gasteiger partial charge in [-0.15, -0.1) is 0 Å². The first kappa shape index (κ1) is 13.5.